The van der Waals surface area contributed by atoms with Gasteiger partial charge in [0.1, 0.15) is 0 Å². The molecule has 3 rings (SSSR count). The Morgan fingerprint density at radius 3 is 1.22 bits per heavy atom. The molecule has 0 amide bonds. The van der Waals surface area contributed by atoms with E-state index in [2.05, 4.69) is 97.9 Å². The van der Waals surface area contributed by atoms with Crippen LogP contribution in [-0.2, 0) is 5.41 Å². The fourth-order valence-electron chi connectivity index (χ4n) is 3.55. The summed E-state index contributed by atoms with van der Waals surface area (Å²) in [5.74, 6) is 0. The molecule has 1 unspecified atom stereocenters. The molecule has 2 N–H and O–H groups in total. The van der Waals surface area contributed by atoms with Crippen molar-refractivity contribution in [3.63, 3.8) is 0 Å². The summed E-state index contributed by atoms with van der Waals surface area (Å²) in [6.45, 7) is 2.16. The Morgan fingerprint density at radius 2 is 0.957 bits per heavy atom. The first-order chi connectivity index (χ1) is 11.3. The predicted molar refractivity (Wildman–Crippen MR) is 97.5 cm³/mol. The van der Waals surface area contributed by atoms with Crippen LogP contribution in [0.5, 0.6) is 0 Å². The minimum atomic E-state index is -0.335. The van der Waals surface area contributed by atoms with Gasteiger partial charge in [-0.15, -0.1) is 0 Å². The van der Waals surface area contributed by atoms with Crippen LogP contribution in [0.4, 0.5) is 0 Å². The van der Waals surface area contributed by atoms with Gasteiger partial charge in [0.25, 0.3) is 0 Å². The normalized spacial score (nSPS) is 12.8. The molecule has 3 aromatic carbocycles. The molecule has 23 heavy (non-hydrogen) atoms. The maximum atomic E-state index is 6.75. The van der Waals surface area contributed by atoms with Crippen molar-refractivity contribution in [2.24, 2.45) is 5.73 Å². The maximum Gasteiger partial charge on any atom is 0.0601 e. The number of benzene rings is 3. The van der Waals surface area contributed by atoms with Gasteiger partial charge in [0.05, 0.1) is 5.41 Å². The minimum Gasteiger partial charge on any atom is -0.326 e. The van der Waals surface area contributed by atoms with Crippen molar-refractivity contribution in [2.45, 2.75) is 24.8 Å². The topological polar surface area (TPSA) is 26.0 Å². The summed E-state index contributed by atoms with van der Waals surface area (Å²) in [5.41, 5.74) is 10.1. The van der Waals surface area contributed by atoms with Gasteiger partial charge in [-0.3, -0.25) is 0 Å². The van der Waals surface area contributed by atoms with Gasteiger partial charge in [0.15, 0.2) is 0 Å². The summed E-state index contributed by atoms with van der Waals surface area (Å²) in [4.78, 5) is 0. The number of hydrogen-bond acceptors (Lipinski definition) is 1. The molecule has 0 saturated carbocycles. The first-order valence-corrected chi connectivity index (χ1v) is 8.22. The Kier molecular flexibility index (Phi) is 4.59. The van der Waals surface area contributed by atoms with E-state index in [1.54, 1.807) is 0 Å². The van der Waals surface area contributed by atoms with E-state index >= 15 is 0 Å². The average Bonchev–Trinajstić information content (AvgIpc) is 2.65. The first kappa shape index (κ1) is 15.5. The summed E-state index contributed by atoms with van der Waals surface area (Å²) < 4.78 is 0. The maximum absolute atomic E-state index is 6.75. The van der Waals surface area contributed by atoms with Crippen molar-refractivity contribution in [3.05, 3.63) is 108 Å². The fraction of sp³-hybridized carbons (Fsp3) is 0.182. The zero-order valence-corrected chi connectivity index (χ0v) is 13.5. The lowest BCUT2D eigenvalue weighted by atomic mass is 9.64. The predicted octanol–water partition coefficient (Wildman–Crippen LogP) is 4.76. The summed E-state index contributed by atoms with van der Waals surface area (Å²) in [5, 5.41) is 0. The van der Waals surface area contributed by atoms with Crippen LogP contribution in [0.3, 0.4) is 0 Å². The Balaban J connectivity index is 2.35. The fourth-order valence-corrected chi connectivity index (χ4v) is 3.55. The van der Waals surface area contributed by atoms with Gasteiger partial charge in [-0.2, -0.15) is 0 Å². The SMILES string of the molecule is CCC(N)C(c1ccccc1)(c1ccccc1)c1ccccc1. The lowest BCUT2D eigenvalue weighted by Crippen LogP contribution is -2.47. The molecule has 0 aliphatic rings. The van der Waals surface area contributed by atoms with E-state index in [0.29, 0.717) is 0 Å². The summed E-state index contributed by atoms with van der Waals surface area (Å²) >= 11 is 0. The van der Waals surface area contributed by atoms with Crippen LogP contribution in [0.2, 0.25) is 0 Å². The van der Waals surface area contributed by atoms with Crippen molar-refractivity contribution < 1.29 is 0 Å². The number of hydrogen-bond donors (Lipinski definition) is 1. The zero-order valence-electron chi connectivity index (χ0n) is 13.5. The molecular weight excluding hydrogens is 278 g/mol. The molecule has 0 saturated heterocycles. The molecule has 0 heterocycles. The van der Waals surface area contributed by atoms with E-state index in [4.69, 9.17) is 5.73 Å². The van der Waals surface area contributed by atoms with Crippen LogP contribution in [0.25, 0.3) is 0 Å². The molecule has 0 aliphatic carbocycles. The molecule has 1 heteroatoms. The van der Waals surface area contributed by atoms with Crippen LogP contribution in [-0.4, -0.2) is 6.04 Å². The van der Waals surface area contributed by atoms with Crippen LogP contribution in [0.1, 0.15) is 30.0 Å². The highest BCUT2D eigenvalue weighted by Crippen LogP contribution is 2.42. The number of rotatable bonds is 5. The quantitative estimate of drug-likeness (QED) is 0.676. The van der Waals surface area contributed by atoms with Gasteiger partial charge in [0.2, 0.25) is 0 Å². The van der Waals surface area contributed by atoms with Gasteiger partial charge in [-0.1, -0.05) is 97.9 Å². The van der Waals surface area contributed by atoms with Crippen molar-refractivity contribution in [2.75, 3.05) is 0 Å². The van der Waals surface area contributed by atoms with Gasteiger partial charge in [-0.05, 0) is 23.1 Å². The van der Waals surface area contributed by atoms with Gasteiger partial charge >= 0.3 is 0 Å². The molecule has 0 bridgehead atoms. The highest BCUT2D eigenvalue weighted by atomic mass is 14.7. The van der Waals surface area contributed by atoms with Crippen LogP contribution in [0, 0.1) is 0 Å². The van der Waals surface area contributed by atoms with Crippen LogP contribution in [0.15, 0.2) is 91.0 Å². The average molecular weight is 301 g/mol. The second kappa shape index (κ2) is 6.80. The molecule has 0 spiro atoms. The Hall–Kier alpha value is -2.38. The lowest BCUT2D eigenvalue weighted by molar-refractivity contribution is 0.462. The highest BCUT2D eigenvalue weighted by Gasteiger charge is 2.40. The van der Waals surface area contributed by atoms with Crippen molar-refractivity contribution >= 4 is 0 Å². The minimum absolute atomic E-state index is 0.00491. The lowest BCUT2D eigenvalue weighted by Gasteiger charge is -2.40. The van der Waals surface area contributed by atoms with E-state index < -0.39 is 0 Å². The summed E-state index contributed by atoms with van der Waals surface area (Å²) in [6, 6.07) is 31.9. The van der Waals surface area contributed by atoms with Crippen LogP contribution >= 0.6 is 0 Å². The molecular formula is C22H23N. The second-order valence-electron chi connectivity index (χ2n) is 5.92. The van der Waals surface area contributed by atoms with E-state index in [1.165, 1.54) is 16.7 Å². The van der Waals surface area contributed by atoms with Gasteiger partial charge in [0, 0.05) is 6.04 Å². The zero-order chi connectivity index (χ0) is 16.1. The van der Waals surface area contributed by atoms with E-state index in [9.17, 15) is 0 Å². The van der Waals surface area contributed by atoms with E-state index in [0.717, 1.165) is 6.42 Å². The van der Waals surface area contributed by atoms with Crippen molar-refractivity contribution in [1.29, 1.82) is 0 Å². The highest BCUT2D eigenvalue weighted by molar-refractivity contribution is 5.52. The monoisotopic (exact) mass is 301 g/mol. The third-order valence-corrected chi connectivity index (χ3v) is 4.68. The molecule has 1 atom stereocenters. The molecule has 3 aromatic rings. The smallest absolute Gasteiger partial charge is 0.0601 e. The van der Waals surface area contributed by atoms with Crippen molar-refractivity contribution in [1.82, 2.24) is 0 Å². The van der Waals surface area contributed by atoms with Crippen LogP contribution < -0.4 is 5.73 Å². The number of nitrogens with two attached hydrogens (primary N) is 1. The molecule has 0 aromatic heterocycles. The Labute approximate surface area is 138 Å². The Bertz CT molecular complexity index is 623. The van der Waals surface area contributed by atoms with Gasteiger partial charge < -0.3 is 5.73 Å². The molecule has 0 fully saturated rings. The third-order valence-electron chi connectivity index (χ3n) is 4.68. The molecule has 116 valence electrons. The van der Waals surface area contributed by atoms with E-state index in [1.807, 2.05) is 0 Å². The summed E-state index contributed by atoms with van der Waals surface area (Å²) in [7, 11) is 0. The van der Waals surface area contributed by atoms with Gasteiger partial charge in [-0.25, -0.2) is 0 Å². The van der Waals surface area contributed by atoms with E-state index in [-0.39, 0.29) is 11.5 Å². The molecule has 0 radical (unpaired) electrons. The second-order valence-corrected chi connectivity index (χ2v) is 5.92. The largest absolute Gasteiger partial charge is 0.326 e. The van der Waals surface area contributed by atoms with Crippen molar-refractivity contribution in [3.8, 4) is 0 Å². The standard InChI is InChI=1S/C22H23N/c1-2-21(23)22(18-12-6-3-7-13-18,19-14-8-4-9-15-19)20-16-10-5-11-17-20/h3-17,21H,2,23H2,1H3. The summed E-state index contributed by atoms with van der Waals surface area (Å²) in [6.07, 6.45) is 0.901. The molecule has 1 nitrogen and oxygen atoms in total. The third kappa shape index (κ3) is 2.69. The first-order valence-electron chi connectivity index (χ1n) is 8.22. The Morgan fingerprint density at radius 1 is 0.652 bits per heavy atom. The molecule has 0 aliphatic heterocycles.